The lowest BCUT2D eigenvalue weighted by atomic mass is 9.87. The van der Waals surface area contributed by atoms with Crippen LogP contribution >= 0.6 is 0 Å². The molecule has 0 bridgehead atoms. The minimum Gasteiger partial charge on any atom is -0.464 e. The molecule has 1 saturated carbocycles. The van der Waals surface area contributed by atoms with Crippen LogP contribution in [0, 0.1) is 12.8 Å². The summed E-state index contributed by atoms with van der Waals surface area (Å²) in [6.07, 6.45) is 4.61. The van der Waals surface area contributed by atoms with Crippen molar-refractivity contribution < 1.29 is 9.53 Å². The van der Waals surface area contributed by atoms with Gasteiger partial charge in [-0.05, 0) is 38.5 Å². The molecule has 1 heterocycles. The molecule has 0 aliphatic heterocycles. The number of hydrogen-bond acceptors (Lipinski definition) is 4. The van der Waals surface area contributed by atoms with Crippen LogP contribution in [0.15, 0.2) is 0 Å². The van der Waals surface area contributed by atoms with E-state index >= 15 is 0 Å². The number of rotatable bonds is 2. The Morgan fingerprint density at radius 1 is 1.39 bits per heavy atom. The van der Waals surface area contributed by atoms with Crippen molar-refractivity contribution in [3.63, 3.8) is 0 Å². The van der Waals surface area contributed by atoms with Gasteiger partial charge in [0.05, 0.1) is 7.11 Å². The van der Waals surface area contributed by atoms with Crippen molar-refractivity contribution >= 4 is 11.8 Å². The summed E-state index contributed by atoms with van der Waals surface area (Å²) >= 11 is 0. The molecule has 0 radical (unpaired) electrons. The highest BCUT2D eigenvalue weighted by Gasteiger charge is 2.26. The van der Waals surface area contributed by atoms with Crippen LogP contribution < -0.4 is 5.73 Å². The standard InChI is InChI=1S/C13H21N3O2/c1-8-4-6-10(7-5-8)16-9(2)15-11(12(16)14)13(17)18-3/h8,10H,4-7,14H2,1-3H3. The summed E-state index contributed by atoms with van der Waals surface area (Å²) in [5.74, 6) is 1.57. The molecule has 2 rings (SSSR count). The van der Waals surface area contributed by atoms with Crippen molar-refractivity contribution in [3.8, 4) is 0 Å². The first-order valence-corrected chi connectivity index (χ1v) is 6.47. The summed E-state index contributed by atoms with van der Waals surface area (Å²) in [5.41, 5.74) is 6.29. The number of nitrogen functional groups attached to an aromatic ring is 1. The third-order valence-corrected chi connectivity index (χ3v) is 3.85. The Kier molecular flexibility index (Phi) is 3.59. The normalized spacial score (nSPS) is 23.9. The zero-order valence-electron chi connectivity index (χ0n) is 11.3. The number of anilines is 1. The summed E-state index contributed by atoms with van der Waals surface area (Å²) < 4.78 is 6.69. The smallest absolute Gasteiger partial charge is 0.360 e. The molecule has 0 unspecified atom stereocenters. The zero-order valence-corrected chi connectivity index (χ0v) is 11.3. The van der Waals surface area contributed by atoms with Crippen LogP contribution in [0.2, 0.25) is 0 Å². The van der Waals surface area contributed by atoms with Crippen LogP contribution in [-0.2, 0) is 4.74 Å². The maximum atomic E-state index is 11.6. The van der Waals surface area contributed by atoms with Gasteiger partial charge in [0.2, 0.25) is 0 Å². The van der Waals surface area contributed by atoms with Gasteiger partial charge in [-0.1, -0.05) is 6.92 Å². The summed E-state index contributed by atoms with van der Waals surface area (Å²) in [6.45, 7) is 4.17. The molecule has 0 atom stereocenters. The van der Waals surface area contributed by atoms with E-state index in [4.69, 9.17) is 10.5 Å². The van der Waals surface area contributed by atoms with Crippen molar-refractivity contribution in [1.29, 1.82) is 0 Å². The van der Waals surface area contributed by atoms with Gasteiger partial charge >= 0.3 is 5.97 Å². The third-order valence-electron chi connectivity index (χ3n) is 3.85. The largest absolute Gasteiger partial charge is 0.464 e. The fourth-order valence-electron chi connectivity index (χ4n) is 2.77. The van der Waals surface area contributed by atoms with Crippen LogP contribution in [0.4, 0.5) is 5.82 Å². The second-order valence-electron chi connectivity index (χ2n) is 5.17. The number of esters is 1. The minimum atomic E-state index is -0.460. The molecule has 1 aromatic heterocycles. The van der Waals surface area contributed by atoms with Crippen molar-refractivity contribution in [2.24, 2.45) is 5.92 Å². The van der Waals surface area contributed by atoms with E-state index in [2.05, 4.69) is 11.9 Å². The first kappa shape index (κ1) is 12.9. The van der Waals surface area contributed by atoms with Crippen LogP contribution in [0.1, 0.15) is 55.0 Å². The average molecular weight is 251 g/mol. The van der Waals surface area contributed by atoms with Gasteiger partial charge in [-0.2, -0.15) is 0 Å². The average Bonchev–Trinajstić information content (AvgIpc) is 2.65. The lowest BCUT2D eigenvalue weighted by molar-refractivity contribution is 0.0595. The number of carbonyl (C=O) groups excluding carboxylic acids is 1. The number of carbonyl (C=O) groups is 1. The Hall–Kier alpha value is -1.52. The molecule has 2 N–H and O–H groups in total. The van der Waals surface area contributed by atoms with Gasteiger partial charge in [0, 0.05) is 6.04 Å². The van der Waals surface area contributed by atoms with Gasteiger partial charge in [-0.15, -0.1) is 0 Å². The summed E-state index contributed by atoms with van der Waals surface area (Å²) in [7, 11) is 1.35. The van der Waals surface area contributed by atoms with Crippen molar-refractivity contribution in [3.05, 3.63) is 11.5 Å². The number of nitrogens with zero attached hydrogens (tertiary/aromatic N) is 2. The molecule has 1 aromatic rings. The number of aryl methyl sites for hydroxylation is 1. The topological polar surface area (TPSA) is 70.1 Å². The van der Waals surface area contributed by atoms with E-state index in [0.29, 0.717) is 11.9 Å². The molecule has 18 heavy (non-hydrogen) atoms. The SMILES string of the molecule is COC(=O)c1nc(C)n(C2CCC(C)CC2)c1N. The molecule has 0 saturated heterocycles. The Morgan fingerprint density at radius 3 is 2.56 bits per heavy atom. The van der Waals surface area contributed by atoms with Crippen molar-refractivity contribution in [2.75, 3.05) is 12.8 Å². The molecule has 5 heteroatoms. The van der Waals surface area contributed by atoms with E-state index in [9.17, 15) is 4.79 Å². The van der Waals surface area contributed by atoms with E-state index in [1.165, 1.54) is 20.0 Å². The van der Waals surface area contributed by atoms with E-state index in [1.54, 1.807) is 0 Å². The second kappa shape index (κ2) is 5.00. The number of ether oxygens (including phenoxy) is 1. The van der Waals surface area contributed by atoms with Gasteiger partial charge in [0.15, 0.2) is 5.69 Å². The molecule has 0 aromatic carbocycles. The molecule has 1 aliphatic rings. The molecule has 0 spiro atoms. The van der Waals surface area contributed by atoms with Crippen molar-refractivity contribution in [2.45, 2.75) is 45.6 Å². The summed E-state index contributed by atoms with van der Waals surface area (Å²) in [6, 6.07) is 0.368. The molecule has 1 aliphatic carbocycles. The summed E-state index contributed by atoms with van der Waals surface area (Å²) in [4.78, 5) is 15.8. The highest BCUT2D eigenvalue weighted by atomic mass is 16.5. The second-order valence-corrected chi connectivity index (χ2v) is 5.17. The van der Waals surface area contributed by atoms with Crippen LogP contribution in [0.5, 0.6) is 0 Å². The molecular weight excluding hydrogens is 230 g/mol. The van der Waals surface area contributed by atoms with E-state index in [1.807, 2.05) is 11.5 Å². The summed E-state index contributed by atoms with van der Waals surface area (Å²) in [5, 5.41) is 0. The fraction of sp³-hybridized carbons (Fsp3) is 0.692. The van der Waals surface area contributed by atoms with Crippen molar-refractivity contribution in [1.82, 2.24) is 9.55 Å². The molecule has 0 amide bonds. The van der Waals surface area contributed by atoms with Crippen LogP contribution in [-0.4, -0.2) is 22.6 Å². The lowest BCUT2D eigenvalue weighted by Crippen LogP contribution is -2.19. The molecular formula is C13H21N3O2. The zero-order chi connectivity index (χ0) is 13.3. The maximum Gasteiger partial charge on any atom is 0.360 e. The fourth-order valence-corrected chi connectivity index (χ4v) is 2.77. The lowest BCUT2D eigenvalue weighted by Gasteiger charge is -2.28. The van der Waals surface area contributed by atoms with Gasteiger partial charge < -0.3 is 15.0 Å². The minimum absolute atomic E-state index is 0.244. The Morgan fingerprint density at radius 2 is 2.00 bits per heavy atom. The number of nitrogens with two attached hydrogens (primary N) is 1. The monoisotopic (exact) mass is 251 g/mol. The Bertz CT molecular complexity index is 445. The number of hydrogen-bond donors (Lipinski definition) is 1. The van der Waals surface area contributed by atoms with Gasteiger partial charge in [-0.25, -0.2) is 9.78 Å². The predicted octanol–water partition coefficient (Wildman–Crippen LogP) is 2.31. The Labute approximate surface area is 107 Å². The Balaban J connectivity index is 2.28. The highest BCUT2D eigenvalue weighted by molar-refractivity contribution is 5.92. The van der Waals surface area contributed by atoms with E-state index < -0.39 is 5.97 Å². The highest BCUT2D eigenvalue weighted by Crippen LogP contribution is 2.35. The molecule has 5 nitrogen and oxygen atoms in total. The predicted molar refractivity (Wildman–Crippen MR) is 69.4 cm³/mol. The first-order valence-electron chi connectivity index (χ1n) is 6.47. The quantitative estimate of drug-likeness (QED) is 0.819. The first-order chi connectivity index (χ1) is 8.54. The van der Waals surface area contributed by atoms with Crippen LogP contribution in [0.3, 0.4) is 0 Å². The van der Waals surface area contributed by atoms with Gasteiger partial charge in [0.25, 0.3) is 0 Å². The molecule has 100 valence electrons. The number of imidazole rings is 1. The number of aromatic nitrogens is 2. The van der Waals surface area contributed by atoms with Crippen LogP contribution in [0.25, 0.3) is 0 Å². The maximum absolute atomic E-state index is 11.6. The third kappa shape index (κ3) is 2.21. The molecule has 1 fully saturated rings. The van der Waals surface area contributed by atoms with E-state index in [0.717, 1.165) is 24.6 Å². The van der Waals surface area contributed by atoms with Gasteiger partial charge in [-0.3, -0.25) is 0 Å². The van der Waals surface area contributed by atoms with E-state index in [-0.39, 0.29) is 5.69 Å². The van der Waals surface area contributed by atoms with Gasteiger partial charge in [0.1, 0.15) is 11.6 Å². The number of methoxy groups -OCH3 is 1.